The second kappa shape index (κ2) is 9.73. The summed E-state index contributed by atoms with van der Waals surface area (Å²) in [6, 6.07) is 19.7. The highest BCUT2D eigenvalue weighted by atomic mass is 79.9. The average Bonchev–Trinajstić information content (AvgIpc) is 3.03. The van der Waals surface area contributed by atoms with Gasteiger partial charge in [-0.05, 0) is 48.0 Å². The lowest BCUT2D eigenvalue weighted by Crippen LogP contribution is -2.08. The number of hydrogen-bond acceptors (Lipinski definition) is 4. The van der Waals surface area contributed by atoms with Crippen LogP contribution in [0.5, 0.6) is 11.6 Å². The van der Waals surface area contributed by atoms with Crippen LogP contribution in [-0.2, 0) is 11.3 Å². The molecule has 0 bridgehead atoms. The SMILES string of the molecule is O=C(COc1ccccc1Cl)N=Nc1c(O)n(Cc2ccc(Cl)cc2)c2ccc(Br)cc12. The van der Waals surface area contributed by atoms with E-state index in [4.69, 9.17) is 27.9 Å². The number of halogens is 3. The van der Waals surface area contributed by atoms with Crippen LogP contribution in [0.25, 0.3) is 10.9 Å². The van der Waals surface area contributed by atoms with Crippen molar-refractivity contribution in [3.63, 3.8) is 0 Å². The van der Waals surface area contributed by atoms with Crippen LogP contribution < -0.4 is 4.74 Å². The van der Waals surface area contributed by atoms with Crippen molar-refractivity contribution in [3.8, 4) is 11.6 Å². The summed E-state index contributed by atoms with van der Waals surface area (Å²) in [7, 11) is 0. The van der Waals surface area contributed by atoms with E-state index in [-0.39, 0.29) is 18.2 Å². The molecule has 0 spiro atoms. The summed E-state index contributed by atoms with van der Waals surface area (Å²) >= 11 is 15.4. The van der Waals surface area contributed by atoms with Crippen molar-refractivity contribution in [2.75, 3.05) is 6.61 Å². The van der Waals surface area contributed by atoms with Gasteiger partial charge in [0, 0.05) is 14.9 Å². The number of nitrogens with zero attached hydrogens (tertiary/aromatic N) is 3. The monoisotopic (exact) mass is 531 g/mol. The van der Waals surface area contributed by atoms with Gasteiger partial charge in [0.05, 0.1) is 17.1 Å². The van der Waals surface area contributed by atoms with Gasteiger partial charge >= 0.3 is 5.91 Å². The van der Waals surface area contributed by atoms with Crippen molar-refractivity contribution in [2.24, 2.45) is 10.2 Å². The van der Waals surface area contributed by atoms with Gasteiger partial charge in [0.15, 0.2) is 12.3 Å². The maximum atomic E-state index is 12.2. The van der Waals surface area contributed by atoms with Crippen LogP contribution in [0.3, 0.4) is 0 Å². The van der Waals surface area contributed by atoms with Crippen LogP contribution in [0, 0.1) is 0 Å². The van der Waals surface area contributed by atoms with Gasteiger partial charge in [-0.3, -0.25) is 4.79 Å². The molecule has 0 aliphatic rings. The Balaban J connectivity index is 1.61. The van der Waals surface area contributed by atoms with Crippen molar-refractivity contribution in [1.29, 1.82) is 0 Å². The zero-order valence-electron chi connectivity index (χ0n) is 16.5. The number of amides is 1. The first-order chi connectivity index (χ1) is 15.4. The van der Waals surface area contributed by atoms with Gasteiger partial charge in [-0.15, -0.1) is 10.2 Å². The molecule has 9 heteroatoms. The number of carbonyl (C=O) groups excluding carboxylic acids is 1. The number of ether oxygens (including phenoxy) is 1. The molecule has 0 atom stereocenters. The summed E-state index contributed by atoms with van der Waals surface area (Å²) in [6.45, 7) is 0.0569. The third kappa shape index (κ3) is 4.96. The maximum Gasteiger partial charge on any atom is 0.302 e. The Morgan fingerprint density at radius 2 is 1.81 bits per heavy atom. The Morgan fingerprint density at radius 3 is 2.56 bits per heavy atom. The number of para-hydroxylation sites is 1. The van der Waals surface area contributed by atoms with Crippen molar-refractivity contribution in [1.82, 2.24) is 4.57 Å². The maximum absolute atomic E-state index is 12.2. The smallest absolute Gasteiger partial charge is 0.302 e. The molecule has 0 unspecified atom stereocenters. The van der Waals surface area contributed by atoms with E-state index in [2.05, 4.69) is 26.2 Å². The molecule has 0 aliphatic heterocycles. The lowest BCUT2D eigenvalue weighted by Gasteiger charge is -2.07. The fraction of sp³-hybridized carbons (Fsp3) is 0.0870. The fourth-order valence-electron chi connectivity index (χ4n) is 3.16. The molecule has 0 fully saturated rings. The number of aromatic nitrogens is 1. The zero-order chi connectivity index (χ0) is 22.7. The van der Waals surface area contributed by atoms with Crippen molar-refractivity contribution >= 4 is 61.6 Å². The Labute approximate surface area is 202 Å². The minimum atomic E-state index is -0.613. The van der Waals surface area contributed by atoms with Crippen molar-refractivity contribution in [3.05, 3.63) is 86.8 Å². The summed E-state index contributed by atoms with van der Waals surface area (Å²) in [5, 5.41) is 20.3. The molecule has 3 aromatic carbocycles. The van der Waals surface area contributed by atoms with E-state index < -0.39 is 5.91 Å². The van der Waals surface area contributed by atoms with Crippen LogP contribution >= 0.6 is 39.1 Å². The number of fused-ring (bicyclic) bond motifs is 1. The topological polar surface area (TPSA) is 76.2 Å². The summed E-state index contributed by atoms with van der Waals surface area (Å²) < 4.78 is 7.90. The van der Waals surface area contributed by atoms with Gasteiger partial charge in [-0.1, -0.05) is 63.4 Å². The highest BCUT2D eigenvalue weighted by molar-refractivity contribution is 9.10. The van der Waals surface area contributed by atoms with E-state index in [1.807, 2.05) is 30.3 Å². The Bertz CT molecular complexity index is 1320. The zero-order valence-corrected chi connectivity index (χ0v) is 19.6. The molecule has 32 heavy (non-hydrogen) atoms. The van der Waals surface area contributed by atoms with Crippen LogP contribution in [-0.4, -0.2) is 22.2 Å². The molecule has 0 aliphatic carbocycles. The third-order valence-electron chi connectivity index (χ3n) is 4.68. The molecular formula is C23H16BrCl2N3O3. The molecule has 0 radical (unpaired) electrons. The van der Waals surface area contributed by atoms with Gasteiger partial charge in [-0.25, -0.2) is 0 Å². The van der Waals surface area contributed by atoms with Crippen LogP contribution in [0.4, 0.5) is 5.69 Å². The average molecular weight is 533 g/mol. The number of carbonyl (C=O) groups is 1. The van der Waals surface area contributed by atoms with Gasteiger partial charge < -0.3 is 14.4 Å². The summed E-state index contributed by atoms with van der Waals surface area (Å²) in [4.78, 5) is 12.2. The molecule has 6 nitrogen and oxygen atoms in total. The predicted octanol–water partition coefficient (Wildman–Crippen LogP) is 7.15. The second-order valence-electron chi connectivity index (χ2n) is 6.86. The number of benzene rings is 3. The first-order valence-electron chi connectivity index (χ1n) is 9.49. The van der Waals surface area contributed by atoms with E-state index in [1.165, 1.54) is 0 Å². The Kier molecular flexibility index (Phi) is 6.79. The lowest BCUT2D eigenvalue weighted by molar-refractivity contribution is -0.120. The Hall–Kier alpha value is -2.87. The molecular weight excluding hydrogens is 517 g/mol. The molecule has 4 aromatic rings. The van der Waals surface area contributed by atoms with Gasteiger partial charge in [-0.2, -0.15) is 0 Å². The number of rotatable bonds is 6. The predicted molar refractivity (Wildman–Crippen MR) is 128 cm³/mol. The summed E-state index contributed by atoms with van der Waals surface area (Å²) in [6.07, 6.45) is 0. The Morgan fingerprint density at radius 1 is 1.06 bits per heavy atom. The van der Waals surface area contributed by atoms with E-state index >= 15 is 0 Å². The van der Waals surface area contributed by atoms with Gasteiger partial charge in [0.1, 0.15) is 5.75 Å². The van der Waals surface area contributed by atoms with E-state index in [1.54, 1.807) is 41.0 Å². The molecule has 4 rings (SSSR count). The van der Waals surface area contributed by atoms with E-state index in [0.29, 0.717) is 27.7 Å². The van der Waals surface area contributed by atoms with Gasteiger partial charge in [0.2, 0.25) is 5.88 Å². The summed E-state index contributed by atoms with van der Waals surface area (Å²) in [5.74, 6) is -0.335. The third-order valence-corrected chi connectivity index (χ3v) is 5.73. The van der Waals surface area contributed by atoms with Gasteiger partial charge in [0.25, 0.3) is 0 Å². The quantitative estimate of drug-likeness (QED) is 0.268. The molecule has 0 saturated carbocycles. The normalized spacial score (nSPS) is 11.3. The molecule has 1 N–H and O–H groups in total. The highest BCUT2D eigenvalue weighted by Gasteiger charge is 2.18. The molecule has 1 heterocycles. The lowest BCUT2D eigenvalue weighted by atomic mass is 10.2. The number of hydrogen-bond donors (Lipinski definition) is 1. The number of aromatic hydroxyl groups is 1. The first-order valence-corrected chi connectivity index (χ1v) is 11.0. The first kappa shape index (κ1) is 22.3. The van der Waals surface area contributed by atoms with Crippen LogP contribution in [0.1, 0.15) is 5.56 Å². The van der Waals surface area contributed by atoms with Crippen LogP contribution in [0.2, 0.25) is 10.0 Å². The molecule has 162 valence electrons. The molecule has 1 amide bonds. The highest BCUT2D eigenvalue weighted by Crippen LogP contribution is 2.40. The number of azo groups is 1. The van der Waals surface area contributed by atoms with E-state index in [0.717, 1.165) is 15.6 Å². The van der Waals surface area contributed by atoms with Crippen LogP contribution in [0.15, 0.2) is 81.4 Å². The molecule has 1 aromatic heterocycles. The van der Waals surface area contributed by atoms with E-state index in [9.17, 15) is 9.90 Å². The second-order valence-corrected chi connectivity index (χ2v) is 8.62. The minimum absolute atomic E-state index is 0.100. The minimum Gasteiger partial charge on any atom is -0.493 e. The standard InChI is InChI=1S/C23H16BrCl2N3O3/c24-15-7-10-19-17(11-15)22(23(31)29(19)12-14-5-8-16(25)9-6-14)28-27-21(30)13-32-20-4-2-1-3-18(20)26/h1-11,31H,12-13H2. The van der Waals surface area contributed by atoms with Crippen molar-refractivity contribution < 1.29 is 14.6 Å². The van der Waals surface area contributed by atoms with Crippen molar-refractivity contribution in [2.45, 2.75) is 6.54 Å². The molecule has 0 saturated heterocycles. The summed E-state index contributed by atoms with van der Waals surface area (Å²) in [5.41, 5.74) is 1.88. The fourth-order valence-corrected chi connectivity index (χ4v) is 3.84. The largest absolute Gasteiger partial charge is 0.493 e.